The Morgan fingerprint density at radius 1 is 0.963 bits per heavy atom. The number of amides is 1. The number of carbonyl (C=O) groups excluding carboxylic acids is 1. The number of aliphatic carboxylic acids is 1. The smallest absolute Gasteiger partial charge is 0.303 e. The maximum atomic E-state index is 11.7. The van der Waals surface area contributed by atoms with Crippen LogP contribution in [0, 0.1) is 0 Å². The van der Waals surface area contributed by atoms with E-state index in [-0.39, 0.29) is 25.3 Å². The van der Waals surface area contributed by atoms with E-state index in [0.717, 1.165) is 11.3 Å². The highest BCUT2D eigenvalue weighted by atomic mass is 16.5. The van der Waals surface area contributed by atoms with E-state index in [1.54, 1.807) is 25.3 Å². The fraction of sp³-hybridized carbons (Fsp3) is 0.300. The lowest BCUT2D eigenvalue weighted by Crippen LogP contribution is -2.23. The van der Waals surface area contributed by atoms with Gasteiger partial charge in [0, 0.05) is 24.6 Å². The van der Waals surface area contributed by atoms with Crippen molar-refractivity contribution in [2.75, 3.05) is 20.3 Å². The number of para-hydroxylation sites is 1. The molecule has 7 heteroatoms. The van der Waals surface area contributed by atoms with Crippen LogP contribution in [-0.2, 0) is 16.1 Å². The van der Waals surface area contributed by atoms with Gasteiger partial charge in [0.1, 0.15) is 30.5 Å². The molecule has 0 spiro atoms. The highest BCUT2D eigenvalue weighted by molar-refractivity contribution is 5.80. The lowest BCUT2D eigenvalue weighted by Gasteiger charge is -2.14. The van der Waals surface area contributed by atoms with E-state index >= 15 is 0 Å². The molecule has 0 heterocycles. The van der Waals surface area contributed by atoms with Crippen LogP contribution in [0.2, 0.25) is 0 Å². The number of hydrogen-bond donors (Lipinski definition) is 2. The van der Waals surface area contributed by atoms with Gasteiger partial charge in [0.25, 0.3) is 0 Å². The van der Waals surface area contributed by atoms with Crippen LogP contribution in [0.25, 0.3) is 0 Å². The van der Waals surface area contributed by atoms with Crippen molar-refractivity contribution in [3.05, 3.63) is 54.1 Å². The van der Waals surface area contributed by atoms with E-state index < -0.39 is 5.97 Å². The average molecular weight is 373 g/mol. The van der Waals surface area contributed by atoms with Crippen LogP contribution in [0.4, 0.5) is 0 Å². The summed E-state index contributed by atoms with van der Waals surface area (Å²) in [5, 5.41) is 11.3. The first-order valence-electron chi connectivity index (χ1n) is 8.54. The summed E-state index contributed by atoms with van der Waals surface area (Å²) < 4.78 is 16.6. The van der Waals surface area contributed by atoms with E-state index in [1.165, 1.54) is 0 Å². The number of nitrogens with one attached hydrogen (secondary N) is 1. The molecule has 2 aromatic carbocycles. The molecule has 0 fully saturated rings. The highest BCUT2D eigenvalue weighted by Gasteiger charge is 2.09. The van der Waals surface area contributed by atoms with Gasteiger partial charge in [0.2, 0.25) is 5.91 Å². The number of methoxy groups -OCH3 is 1. The molecular formula is C20H23NO6. The Kier molecular flexibility index (Phi) is 7.96. The molecule has 0 saturated carbocycles. The van der Waals surface area contributed by atoms with Gasteiger partial charge in [-0.3, -0.25) is 9.59 Å². The minimum Gasteiger partial charge on any atom is -0.497 e. The van der Waals surface area contributed by atoms with Crippen molar-refractivity contribution >= 4 is 11.9 Å². The first kappa shape index (κ1) is 20.1. The predicted molar refractivity (Wildman–Crippen MR) is 99.1 cm³/mol. The molecular weight excluding hydrogens is 350 g/mol. The normalized spacial score (nSPS) is 10.1. The molecule has 0 aliphatic carbocycles. The second kappa shape index (κ2) is 10.7. The molecule has 0 unspecified atom stereocenters. The number of carboxylic acids is 1. The molecule has 0 atom stereocenters. The number of rotatable bonds is 11. The fourth-order valence-corrected chi connectivity index (χ4v) is 2.27. The zero-order chi connectivity index (χ0) is 19.5. The Balaban J connectivity index is 1.88. The van der Waals surface area contributed by atoms with Crippen LogP contribution in [0.15, 0.2) is 48.5 Å². The van der Waals surface area contributed by atoms with Gasteiger partial charge < -0.3 is 24.6 Å². The van der Waals surface area contributed by atoms with Crippen molar-refractivity contribution in [3.8, 4) is 17.2 Å². The summed E-state index contributed by atoms with van der Waals surface area (Å²) in [6.45, 7) is 0.922. The quantitative estimate of drug-likeness (QED) is 0.588. The topological polar surface area (TPSA) is 94.1 Å². The first-order valence-corrected chi connectivity index (χ1v) is 8.54. The lowest BCUT2D eigenvalue weighted by atomic mass is 10.2. The summed E-state index contributed by atoms with van der Waals surface area (Å²) in [4.78, 5) is 22.2. The van der Waals surface area contributed by atoms with Gasteiger partial charge in [-0.2, -0.15) is 0 Å². The van der Waals surface area contributed by atoms with Crippen LogP contribution >= 0.6 is 0 Å². The molecule has 0 bridgehead atoms. The molecule has 0 aliphatic rings. The van der Waals surface area contributed by atoms with Crippen molar-refractivity contribution in [3.63, 3.8) is 0 Å². The van der Waals surface area contributed by atoms with Crippen molar-refractivity contribution < 1.29 is 28.9 Å². The van der Waals surface area contributed by atoms with Crippen molar-refractivity contribution in [1.29, 1.82) is 0 Å². The average Bonchev–Trinajstić information content (AvgIpc) is 2.69. The molecule has 0 aromatic heterocycles. The number of benzene rings is 2. The minimum atomic E-state index is -1.00. The second-order valence-electron chi connectivity index (χ2n) is 5.65. The molecule has 7 nitrogen and oxygen atoms in total. The van der Waals surface area contributed by atoms with Crippen molar-refractivity contribution in [2.24, 2.45) is 0 Å². The number of hydrogen-bond acceptors (Lipinski definition) is 5. The van der Waals surface area contributed by atoms with E-state index in [4.69, 9.17) is 19.3 Å². The van der Waals surface area contributed by atoms with E-state index in [1.807, 2.05) is 30.3 Å². The van der Waals surface area contributed by atoms with Gasteiger partial charge in [-0.25, -0.2) is 0 Å². The van der Waals surface area contributed by atoms with Crippen molar-refractivity contribution in [2.45, 2.75) is 19.4 Å². The van der Waals surface area contributed by atoms with Gasteiger partial charge in [0.15, 0.2) is 0 Å². The summed E-state index contributed by atoms with van der Waals surface area (Å²) in [6.07, 6.45) is -0.263. The first-order chi connectivity index (χ1) is 13.1. The SMILES string of the molecule is COc1ccc(CNC(=O)CCC(=O)O)c(OCCOc2ccccc2)c1. The lowest BCUT2D eigenvalue weighted by molar-refractivity contribution is -0.138. The summed E-state index contributed by atoms with van der Waals surface area (Å²) >= 11 is 0. The third-order valence-corrected chi connectivity index (χ3v) is 3.67. The maximum Gasteiger partial charge on any atom is 0.303 e. The monoisotopic (exact) mass is 373 g/mol. The van der Waals surface area contributed by atoms with E-state index in [0.29, 0.717) is 24.7 Å². The Bertz CT molecular complexity index is 747. The fourth-order valence-electron chi connectivity index (χ4n) is 2.27. The van der Waals surface area contributed by atoms with Gasteiger partial charge in [-0.15, -0.1) is 0 Å². The zero-order valence-electron chi connectivity index (χ0n) is 15.1. The number of carboxylic acid groups (broad SMARTS) is 1. The highest BCUT2D eigenvalue weighted by Crippen LogP contribution is 2.25. The molecule has 0 aliphatic heterocycles. The van der Waals surface area contributed by atoms with Crippen LogP contribution in [0.5, 0.6) is 17.2 Å². The van der Waals surface area contributed by atoms with E-state index in [2.05, 4.69) is 5.32 Å². The predicted octanol–water partition coefficient (Wildman–Crippen LogP) is 2.63. The van der Waals surface area contributed by atoms with Gasteiger partial charge >= 0.3 is 5.97 Å². The third-order valence-electron chi connectivity index (χ3n) is 3.67. The Morgan fingerprint density at radius 3 is 2.41 bits per heavy atom. The molecule has 144 valence electrons. The maximum absolute atomic E-state index is 11.7. The van der Waals surface area contributed by atoms with Crippen molar-refractivity contribution in [1.82, 2.24) is 5.32 Å². The standard InChI is InChI=1S/C20H23NO6/c1-25-17-8-7-15(14-21-19(22)9-10-20(23)24)18(13-17)27-12-11-26-16-5-3-2-4-6-16/h2-8,13H,9-12,14H2,1H3,(H,21,22)(H,23,24). The summed E-state index contributed by atoms with van der Waals surface area (Å²) in [6, 6.07) is 14.7. The van der Waals surface area contributed by atoms with Crippen LogP contribution in [-0.4, -0.2) is 37.3 Å². The summed E-state index contributed by atoms with van der Waals surface area (Å²) in [7, 11) is 1.56. The largest absolute Gasteiger partial charge is 0.497 e. The van der Waals surface area contributed by atoms with Crippen LogP contribution in [0.1, 0.15) is 18.4 Å². The zero-order valence-corrected chi connectivity index (χ0v) is 15.1. The summed E-state index contributed by atoms with van der Waals surface area (Å²) in [5.41, 5.74) is 0.763. The van der Waals surface area contributed by atoms with Crippen LogP contribution < -0.4 is 19.5 Å². The van der Waals surface area contributed by atoms with E-state index in [9.17, 15) is 9.59 Å². The van der Waals surface area contributed by atoms with Gasteiger partial charge in [-0.1, -0.05) is 18.2 Å². The number of ether oxygens (including phenoxy) is 3. The molecule has 2 N–H and O–H groups in total. The minimum absolute atomic E-state index is 0.0629. The Labute approximate surface area is 157 Å². The Hall–Kier alpha value is -3.22. The summed E-state index contributed by atoms with van der Waals surface area (Å²) in [5.74, 6) is 0.640. The van der Waals surface area contributed by atoms with Crippen LogP contribution in [0.3, 0.4) is 0 Å². The number of carbonyl (C=O) groups is 2. The van der Waals surface area contributed by atoms with Gasteiger partial charge in [0.05, 0.1) is 13.5 Å². The Morgan fingerprint density at radius 2 is 1.70 bits per heavy atom. The third kappa shape index (κ3) is 7.27. The molecule has 0 saturated heterocycles. The molecule has 2 rings (SSSR count). The molecule has 1 amide bonds. The molecule has 0 radical (unpaired) electrons. The van der Waals surface area contributed by atoms with Gasteiger partial charge in [-0.05, 0) is 24.3 Å². The molecule has 27 heavy (non-hydrogen) atoms. The second-order valence-corrected chi connectivity index (χ2v) is 5.65. The molecule has 2 aromatic rings.